The van der Waals surface area contributed by atoms with Crippen LogP contribution in [0.2, 0.25) is 0 Å². The molecule has 1 atom stereocenters. The third-order valence-corrected chi connectivity index (χ3v) is 4.48. The Morgan fingerprint density at radius 2 is 2.15 bits per heavy atom. The van der Waals surface area contributed by atoms with Gasteiger partial charge in [-0.25, -0.2) is 0 Å². The Hall–Kier alpha value is -1.36. The van der Waals surface area contributed by atoms with Gasteiger partial charge in [0.15, 0.2) is 0 Å². The molecule has 1 amide bonds. The van der Waals surface area contributed by atoms with Crippen LogP contribution in [0.15, 0.2) is 12.3 Å². The zero-order valence-corrected chi connectivity index (χ0v) is 12.2. The summed E-state index contributed by atoms with van der Waals surface area (Å²) in [4.78, 5) is 14.0. The lowest BCUT2D eigenvalue weighted by Crippen LogP contribution is -2.53. The second kappa shape index (κ2) is 5.95. The summed E-state index contributed by atoms with van der Waals surface area (Å²) in [5, 5.41) is 7.88. The molecular formula is C15H24N4O. The molecule has 20 heavy (non-hydrogen) atoms. The van der Waals surface area contributed by atoms with Crippen LogP contribution in [0.4, 0.5) is 0 Å². The normalized spacial score (nSPS) is 25.1. The first-order chi connectivity index (χ1) is 9.74. The zero-order chi connectivity index (χ0) is 13.9. The van der Waals surface area contributed by atoms with Crippen molar-refractivity contribution in [3.8, 4) is 0 Å². The van der Waals surface area contributed by atoms with Crippen molar-refractivity contribution in [1.29, 1.82) is 0 Å². The van der Waals surface area contributed by atoms with Crippen molar-refractivity contribution in [2.24, 2.45) is 0 Å². The van der Waals surface area contributed by atoms with Gasteiger partial charge in [-0.05, 0) is 25.8 Å². The van der Waals surface area contributed by atoms with Gasteiger partial charge in [-0.3, -0.25) is 9.48 Å². The second-order valence-electron chi connectivity index (χ2n) is 6.01. The van der Waals surface area contributed by atoms with Crippen molar-refractivity contribution in [2.45, 2.75) is 57.7 Å². The van der Waals surface area contributed by atoms with E-state index in [0.29, 0.717) is 12.6 Å². The summed E-state index contributed by atoms with van der Waals surface area (Å²) in [6.07, 6.45) is 8.55. The largest absolute Gasteiger partial charge is 0.334 e. The van der Waals surface area contributed by atoms with Crippen LogP contribution in [-0.2, 0) is 11.3 Å². The van der Waals surface area contributed by atoms with E-state index in [0.717, 1.165) is 18.8 Å². The lowest BCUT2D eigenvalue weighted by Gasteiger charge is -2.31. The number of piperazine rings is 1. The van der Waals surface area contributed by atoms with Gasteiger partial charge in [0.2, 0.25) is 5.91 Å². The molecule has 1 unspecified atom stereocenters. The minimum atomic E-state index is -0.0656. The molecule has 1 aromatic rings. The smallest absolute Gasteiger partial charge is 0.239 e. The van der Waals surface area contributed by atoms with Crippen molar-refractivity contribution in [2.75, 3.05) is 13.1 Å². The number of aromatic nitrogens is 2. The van der Waals surface area contributed by atoms with Crippen LogP contribution in [0.5, 0.6) is 0 Å². The molecule has 1 N–H and O–H groups in total. The van der Waals surface area contributed by atoms with Crippen molar-refractivity contribution in [3.05, 3.63) is 18.0 Å². The van der Waals surface area contributed by atoms with E-state index in [1.54, 1.807) is 0 Å². The van der Waals surface area contributed by atoms with Gasteiger partial charge in [0.25, 0.3) is 0 Å². The molecule has 1 aliphatic carbocycles. The molecule has 1 aromatic heterocycles. The number of hydrogen-bond acceptors (Lipinski definition) is 3. The fourth-order valence-electron chi connectivity index (χ4n) is 3.25. The standard InChI is InChI=1S/C15H24N4O/c1-12-15(20)18(10-8-16-12)11-13-7-9-19(17-13)14-5-3-2-4-6-14/h7,9,12,14,16H,2-6,8,10-11H2,1H3. The molecule has 2 heterocycles. The SMILES string of the molecule is CC1NCCN(Cc2ccn(C3CCCCC3)n2)C1=O. The van der Waals surface area contributed by atoms with Gasteiger partial charge in [-0.1, -0.05) is 19.3 Å². The monoisotopic (exact) mass is 276 g/mol. The number of hydrogen-bond donors (Lipinski definition) is 1. The molecule has 0 spiro atoms. The number of nitrogens with zero attached hydrogens (tertiary/aromatic N) is 3. The average Bonchev–Trinajstić information content (AvgIpc) is 2.93. The fourth-order valence-corrected chi connectivity index (χ4v) is 3.25. The number of carbonyl (C=O) groups excluding carboxylic acids is 1. The molecule has 2 fully saturated rings. The van der Waals surface area contributed by atoms with E-state index in [1.165, 1.54) is 32.1 Å². The van der Waals surface area contributed by atoms with Crippen LogP contribution in [0, 0.1) is 0 Å². The highest BCUT2D eigenvalue weighted by Gasteiger charge is 2.25. The van der Waals surface area contributed by atoms with Crippen molar-refractivity contribution >= 4 is 5.91 Å². The summed E-state index contributed by atoms with van der Waals surface area (Å²) < 4.78 is 2.12. The Bertz CT molecular complexity index is 464. The third kappa shape index (κ3) is 2.87. The number of nitrogens with one attached hydrogen (secondary N) is 1. The zero-order valence-electron chi connectivity index (χ0n) is 12.2. The molecule has 2 aliphatic rings. The summed E-state index contributed by atoms with van der Waals surface area (Å²) >= 11 is 0. The van der Waals surface area contributed by atoms with E-state index >= 15 is 0 Å². The maximum atomic E-state index is 12.1. The van der Waals surface area contributed by atoms with Crippen LogP contribution < -0.4 is 5.32 Å². The first kappa shape index (κ1) is 13.6. The van der Waals surface area contributed by atoms with Crippen LogP contribution in [-0.4, -0.2) is 39.7 Å². The average molecular weight is 276 g/mol. The topological polar surface area (TPSA) is 50.2 Å². The highest BCUT2D eigenvalue weighted by atomic mass is 16.2. The van der Waals surface area contributed by atoms with Crippen molar-refractivity contribution < 1.29 is 4.79 Å². The first-order valence-electron chi connectivity index (χ1n) is 7.80. The molecule has 110 valence electrons. The van der Waals surface area contributed by atoms with Gasteiger partial charge in [0.05, 0.1) is 24.3 Å². The fraction of sp³-hybridized carbons (Fsp3) is 0.733. The lowest BCUT2D eigenvalue weighted by atomic mass is 9.96. The Kier molecular flexibility index (Phi) is 4.05. The number of carbonyl (C=O) groups is 1. The predicted molar refractivity (Wildman–Crippen MR) is 77.2 cm³/mol. The Morgan fingerprint density at radius 3 is 2.95 bits per heavy atom. The van der Waals surface area contributed by atoms with Gasteiger partial charge < -0.3 is 10.2 Å². The van der Waals surface area contributed by atoms with Crippen LogP contribution in [0.3, 0.4) is 0 Å². The molecule has 3 rings (SSSR count). The highest BCUT2D eigenvalue weighted by Crippen LogP contribution is 2.27. The van der Waals surface area contributed by atoms with Gasteiger partial charge in [0.1, 0.15) is 0 Å². The number of rotatable bonds is 3. The Labute approximate surface area is 120 Å². The molecule has 0 aromatic carbocycles. The van der Waals surface area contributed by atoms with E-state index in [1.807, 2.05) is 11.8 Å². The van der Waals surface area contributed by atoms with Gasteiger partial charge in [-0.2, -0.15) is 5.10 Å². The molecule has 1 saturated carbocycles. The molecule has 0 bridgehead atoms. The molecule has 0 radical (unpaired) electrons. The molecular weight excluding hydrogens is 252 g/mol. The summed E-state index contributed by atoms with van der Waals surface area (Å²) in [5.74, 6) is 0.184. The van der Waals surface area contributed by atoms with E-state index in [2.05, 4.69) is 27.4 Å². The van der Waals surface area contributed by atoms with Gasteiger partial charge in [-0.15, -0.1) is 0 Å². The molecule has 1 aliphatic heterocycles. The minimum absolute atomic E-state index is 0.0656. The lowest BCUT2D eigenvalue weighted by molar-refractivity contribution is -0.135. The Morgan fingerprint density at radius 1 is 1.35 bits per heavy atom. The predicted octanol–water partition coefficient (Wildman–Crippen LogP) is 1.71. The Balaban J connectivity index is 1.63. The number of amides is 1. The molecule has 5 heteroatoms. The van der Waals surface area contributed by atoms with Crippen LogP contribution in [0.25, 0.3) is 0 Å². The van der Waals surface area contributed by atoms with E-state index < -0.39 is 0 Å². The van der Waals surface area contributed by atoms with E-state index in [4.69, 9.17) is 0 Å². The molecule has 1 saturated heterocycles. The second-order valence-corrected chi connectivity index (χ2v) is 6.01. The summed E-state index contributed by atoms with van der Waals surface area (Å²) in [5.41, 5.74) is 1.01. The first-order valence-corrected chi connectivity index (χ1v) is 7.80. The van der Waals surface area contributed by atoms with Crippen LogP contribution >= 0.6 is 0 Å². The maximum absolute atomic E-state index is 12.1. The summed E-state index contributed by atoms with van der Waals surface area (Å²) in [6, 6.07) is 2.56. The quantitative estimate of drug-likeness (QED) is 0.914. The van der Waals surface area contributed by atoms with Gasteiger partial charge >= 0.3 is 0 Å². The van der Waals surface area contributed by atoms with E-state index in [9.17, 15) is 4.79 Å². The van der Waals surface area contributed by atoms with Crippen molar-refractivity contribution in [3.63, 3.8) is 0 Å². The maximum Gasteiger partial charge on any atom is 0.239 e. The minimum Gasteiger partial charge on any atom is -0.334 e. The highest BCUT2D eigenvalue weighted by molar-refractivity contribution is 5.82. The third-order valence-electron chi connectivity index (χ3n) is 4.48. The van der Waals surface area contributed by atoms with Gasteiger partial charge in [0, 0.05) is 19.3 Å². The van der Waals surface area contributed by atoms with Crippen molar-refractivity contribution in [1.82, 2.24) is 20.0 Å². The van der Waals surface area contributed by atoms with E-state index in [-0.39, 0.29) is 11.9 Å². The molecule has 5 nitrogen and oxygen atoms in total. The summed E-state index contributed by atoms with van der Waals surface area (Å²) in [7, 11) is 0. The summed E-state index contributed by atoms with van der Waals surface area (Å²) in [6.45, 7) is 4.22. The van der Waals surface area contributed by atoms with Crippen LogP contribution in [0.1, 0.15) is 50.8 Å².